The van der Waals surface area contributed by atoms with E-state index in [0.29, 0.717) is 16.8 Å². The van der Waals surface area contributed by atoms with Crippen molar-refractivity contribution in [1.82, 2.24) is 15.2 Å². The van der Waals surface area contributed by atoms with Gasteiger partial charge in [-0.3, -0.25) is 9.79 Å². The van der Waals surface area contributed by atoms with Gasteiger partial charge in [0.1, 0.15) is 5.69 Å². The molecule has 0 aliphatic carbocycles. The summed E-state index contributed by atoms with van der Waals surface area (Å²) in [6, 6.07) is 9.03. The van der Waals surface area contributed by atoms with Crippen molar-refractivity contribution in [3.05, 3.63) is 64.5 Å². The molecule has 0 spiro atoms. The van der Waals surface area contributed by atoms with Crippen LogP contribution in [0.15, 0.2) is 41.4 Å². The molecule has 1 amide bonds. The average Bonchev–Trinajstić information content (AvgIpc) is 3.44. The lowest BCUT2D eigenvalue weighted by molar-refractivity contribution is -0.141. The van der Waals surface area contributed by atoms with Gasteiger partial charge in [-0.05, 0) is 49.1 Å². The van der Waals surface area contributed by atoms with E-state index in [2.05, 4.69) is 21.5 Å². The number of amides is 1. The highest BCUT2D eigenvalue weighted by molar-refractivity contribution is 6.14. The molecular formula is C22H18F3N5O. The Kier molecular flexibility index (Phi) is 4.46. The lowest BCUT2D eigenvalue weighted by atomic mass is 9.95. The number of carbonyl (C=O) groups excluding carboxylic acids is 1. The molecule has 1 N–H and O–H groups in total. The molecule has 9 heteroatoms. The monoisotopic (exact) mass is 425 g/mol. The standard InChI is InChI=1S/C22H18F3N5O/c23-22(24,25)19-3-1-2-16(28-19)20-15-6-4-12(8-13(15)10-27-20)21(31)29-17-9-14-5-7-18(17)30(14)11-26/h1-4,6,8,14,17-18H,5,7,9-10H2,(H,29,31)/t14-,17+,18+/m0/s1. The highest BCUT2D eigenvalue weighted by Gasteiger charge is 2.46. The number of aromatic nitrogens is 1. The zero-order chi connectivity index (χ0) is 21.8. The number of rotatable bonds is 3. The zero-order valence-corrected chi connectivity index (χ0v) is 16.4. The number of alkyl halides is 3. The number of hydrogen-bond donors (Lipinski definition) is 1. The van der Waals surface area contributed by atoms with Crippen molar-refractivity contribution in [1.29, 1.82) is 5.26 Å². The van der Waals surface area contributed by atoms with Crippen molar-refractivity contribution in [2.45, 2.75) is 50.1 Å². The van der Waals surface area contributed by atoms with Crippen LogP contribution in [0.1, 0.15) is 52.1 Å². The van der Waals surface area contributed by atoms with Crippen LogP contribution < -0.4 is 5.32 Å². The van der Waals surface area contributed by atoms with E-state index < -0.39 is 11.9 Å². The van der Waals surface area contributed by atoms with E-state index in [1.54, 1.807) is 23.1 Å². The van der Waals surface area contributed by atoms with Crippen LogP contribution in [0.2, 0.25) is 0 Å². The van der Waals surface area contributed by atoms with Crippen molar-refractivity contribution >= 4 is 11.6 Å². The fourth-order valence-corrected chi connectivity index (χ4v) is 4.84. The second kappa shape index (κ2) is 7.08. The summed E-state index contributed by atoms with van der Waals surface area (Å²) in [5.41, 5.74) is 1.51. The summed E-state index contributed by atoms with van der Waals surface area (Å²) in [5, 5.41) is 12.3. The second-order valence-electron chi connectivity index (χ2n) is 8.06. The van der Waals surface area contributed by atoms with E-state index in [1.165, 1.54) is 12.1 Å². The maximum absolute atomic E-state index is 13.0. The molecule has 0 unspecified atom stereocenters. The molecular weight excluding hydrogens is 407 g/mol. The Hall–Kier alpha value is -3.41. The van der Waals surface area contributed by atoms with Crippen LogP contribution in [0.3, 0.4) is 0 Å². The van der Waals surface area contributed by atoms with Crippen molar-refractivity contribution in [3.63, 3.8) is 0 Å². The van der Waals surface area contributed by atoms with E-state index in [1.807, 2.05) is 0 Å². The third-order valence-electron chi connectivity index (χ3n) is 6.28. The van der Waals surface area contributed by atoms with Crippen LogP contribution in [0.4, 0.5) is 13.2 Å². The first kappa shape index (κ1) is 19.5. The Balaban J connectivity index is 1.34. The number of carbonyl (C=O) groups is 1. The predicted octanol–water partition coefficient (Wildman–Crippen LogP) is 3.27. The third kappa shape index (κ3) is 3.32. The number of nitrogens with one attached hydrogen (secondary N) is 1. The van der Waals surface area contributed by atoms with Crippen LogP contribution >= 0.6 is 0 Å². The zero-order valence-electron chi connectivity index (χ0n) is 16.4. The molecule has 2 fully saturated rings. The van der Waals surface area contributed by atoms with E-state index in [9.17, 15) is 23.2 Å². The lowest BCUT2D eigenvalue weighted by Crippen LogP contribution is -2.43. The second-order valence-corrected chi connectivity index (χ2v) is 8.06. The Labute approximate surface area is 176 Å². The Bertz CT molecular complexity index is 1140. The van der Waals surface area contributed by atoms with Gasteiger partial charge in [0, 0.05) is 17.2 Å². The smallest absolute Gasteiger partial charge is 0.347 e. The quantitative estimate of drug-likeness (QED) is 0.766. The van der Waals surface area contributed by atoms with Crippen molar-refractivity contribution in [2.75, 3.05) is 0 Å². The molecule has 1 aromatic carbocycles. The predicted molar refractivity (Wildman–Crippen MR) is 105 cm³/mol. The van der Waals surface area contributed by atoms with Gasteiger partial charge in [0.25, 0.3) is 5.91 Å². The van der Waals surface area contributed by atoms with Gasteiger partial charge >= 0.3 is 6.18 Å². The Morgan fingerprint density at radius 2 is 2.06 bits per heavy atom. The number of hydrogen-bond acceptors (Lipinski definition) is 5. The molecule has 2 bridgehead atoms. The van der Waals surface area contributed by atoms with E-state index >= 15 is 0 Å². The molecule has 0 saturated carbocycles. The van der Waals surface area contributed by atoms with E-state index in [-0.39, 0.29) is 36.3 Å². The summed E-state index contributed by atoms with van der Waals surface area (Å²) in [6.07, 6.45) is 0.344. The van der Waals surface area contributed by atoms with Crippen LogP contribution in [0.5, 0.6) is 0 Å². The minimum Gasteiger partial charge on any atom is -0.347 e. The van der Waals surface area contributed by atoms with E-state index in [0.717, 1.165) is 30.9 Å². The van der Waals surface area contributed by atoms with Gasteiger partial charge in [-0.15, -0.1) is 0 Å². The average molecular weight is 425 g/mol. The van der Waals surface area contributed by atoms with Gasteiger partial charge < -0.3 is 10.2 Å². The van der Waals surface area contributed by atoms with Gasteiger partial charge in [0.2, 0.25) is 0 Å². The fourth-order valence-electron chi connectivity index (χ4n) is 4.84. The number of benzene rings is 1. The normalized spacial score (nSPS) is 24.0. The molecule has 3 aliphatic heterocycles. The van der Waals surface area contributed by atoms with Crippen LogP contribution in [-0.2, 0) is 12.7 Å². The van der Waals surface area contributed by atoms with Gasteiger partial charge in [-0.2, -0.15) is 18.4 Å². The summed E-state index contributed by atoms with van der Waals surface area (Å²) < 4.78 is 39.0. The highest BCUT2D eigenvalue weighted by Crippen LogP contribution is 2.37. The van der Waals surface area contributed by atoms with Crippen LogP contribution in [0.25, 0.3) is 0 Å². The molecule has 6 nitrogen and oxygen atoms in total. The van der Waals surface area contributed by atoms with Gasteiger partial charge in [-0.1, -0.05) is 12.1 Å². The van der Waals surface area contributed by atoms with Crippen molar-refractivity contribution in [2.24, 2.45) is 4.99 Å². The molecule has 158 valence electrons. The first-order chi connectivity index (χ1) is 14.8. The third-order valence-corrected chi connectivity index (χ3v) is 6.28. The first-order valence-corrected chi connectivity index (χ1v) is 10.1. The van der Waals surface area contributed by atoms with Crippen LogP contribution in [0, 0.1) is 11.5 Å². The number of nitriles is 1. The maximum Gasteiger partial charge on any atom is 0.433 e. The summed E-state index contributed by atoms with van der Waals surface area (Å²) in [7, 11) is 0. The number of nitrogens with zero attached hydrogens (tertiary/aromatic N) is 4. The van der Waals surface area contributed by atoms with Crippen molar-refractivity contribution in [3.8, 4) is 6.19 Å². The molecule has 3 atom stereocenters. The molecule has 0 radical (unpaired) electrons. The Morgan fingerprint density at radius 3 is 2.81 bits per heavy atom. The van der Waals surface area contributed by atoms with Crippen LogP contribution in [-0.4, -0.2) is 39.6 Å². The summed E-state index contributed by atoms with van der Waals surface area (Å²) >= 11 is 0. The summed E-state index contributed by atoms with van der Waals surface area (Å²) in [4.78, 5) is 22.7. The maximum atomic E-state index is 13.0. The summed E-state index contributed by atoms with van der Waals surface area (Å²) in [5.74, 6) is -0.219. The lowest BCUT2D eigenvalue weighted by Gasteiger charge is -2.22. The largest absolute Gasteiger partial charge is 0.433 e. The molecule has 31 heavy (non-hydrogen) atoms. The topological polar surface area (TPSA) is 81.4 Å². The number of aliphatic imine (C=N–C) groups is 1. The van der Waals surface area contributed by atoms with Gasteiger partial charge in [0.05, 0.1) is 30.0 Å². The van der Waals surface area contributed by atoms with Gasteiger partial charge in [-0.25, -0.2) is 4.98 Å². The molecule has 2 aromatic rings. The number of fused-ring (bicyclic) bond motifs is 3. The van der Waals surface area contributed by atoms with E-state index in [4.69, 9.17) is 0 Å². The molecule has 4 heterocycles. The minimum absolute atomic E-state index is 0.0512. The summed E-state index contributed by atoms with van der Waals surface area (Å²) in [6.45, 7) is 0.278. The molecule has 2 saturated heterocycles. The number of pyridine rings is 1. The van der Waals surface area contributed by atoms with Crippen molar-refractivity contribution < 1.29 is 18.0 Å². The fraction of sp³-hybridized carbons (Fsp3) is 0.364. The van der Waals surface area contributed by atoms with Gasteiger partial charge in [0.15, 0.2) is 6.19 Å². The SMILES string of the molecule is N#CN1[C@H]2CC[C@@H]1[C@H](NC(=O)c1ccc3c(c1)CN=C3c1cccc(C(F)(F)F)n1)C2. The highest BCUT2D eigenvalue weighted by atomic mass is 19.4. The first-order valence-electron chi connectivity index (χ1n) is 10.1. The molecule has 1 aromatic heterocycles. The molecule has 5 rings (SSSR count). The number of halogens is 3. The Morgan fingerprint density at radius 1 is 1.23 bits per heavy atom. The molecule has 3 aliphatic rings. The minimum atomic E-state index is -4.53.